The number of carboxylic acid groups (broad SMARTS) is 1. The summed E-state index contributed by atoms with van der Waals surface area (Å²) in [5.41, 5.74) is 0. The summed E-state index contributed by atoms with van der Waals surface area (Å²) in [4.78, 5) is 24.8. The van der Waals surface area contributed by atoms with E-state index in [9.17, 15) is 9.59 Å². The van der Waals surface area contributed by atoms with Crippen LogP contribution in [0.1, 0.15) is 45.4 Å². The summed E-state index contributed by atoms with van der Waals surface area (Å²) in [6, 6.07) is 0.224. The van der Waals surface area contributed by atoms with Crippen LogP contribution in [0.5, 0.6) is 0 Å². The molecule has 1 heterocycles. The Bertz CT molecular complexity index is 388. The van der Waals surface area contributed by atoms with Crippen LogP contribution >= 0.6 is 0 Å². The first-order valence-corrected chi connectivity index (χ1v) is 7.86. The van der Waals surface area contributed by atoms with Gasteiger partial charge in [0, 0.05) is 19.6 Å². The predicted molar refractivity (Wildman–Crippen MR) is 78.1 cm³/mol. The fourth-order valence-electron chi connectivity index (χ4n) is 3.28. The van der Waals surface area contributed by atoms with E-state index in [-0.39, 0.29) is 12.1 Å². The van der Waals surface area contributed by atoms with Crippen LogP contribution in [0.2, 0.25) is 0 Å². The number of carboxylic acids is 1. The molecule has 21 heavy (non-hydrogen) atoms. The highest BCUT2D eigenvalue weighted by molar-refractivity contribution is 5.74. The van der Waals surface area contributed by atoms with Gasteiger partial charge in [-0.25, -0.2) is 9.59 Å². The Kier molecular flexibility index (Phi) is 5.45. The number of carbonyl (C=O) groups excluding carboxylic acids is 1. The van der Waals surface area contributed by atoms with Crippen molar-refractivity contribution in [2.45, 2.75) is 63.7 Å². The summed E-state index contributed by atoms with van der Waals surface area (Å²) < 4.78 is 5.38. The summed E-state index contributed by atoms with van der Waals surface area (Å²) >= 11 is 0. The lowest BCUT2D eigenvalue weighted by atomic mass is 9.86. The second-order valence-corrected chi connectivity index (χ2v) is 6.38. The molecule has 120 valence electrons. The van der Waals surface area contributed by atoms with E-state index in [1.165, 1.54) is 12.8 Å². The molecule has 2 aliphatic rings. The van der Waals surface area contributed by atoms with Gasteiger partial charge in [-0.05, 0) is 31.6 Å². The second kappa shape index (κ2) is 7.11. The molecule has 1 saturated heterocycles. The molecule has 0 aromatic carbocycles. The minimum absolute atomic E-state index is 0.0866. The van der Waals surface area contributed by atoms with Gasteiger partial charge in [0.05, 0.1) is 6.10 Å². The monoisotopic (exact) mass is 298 g/mol. The van der Waals surface area contributed by atoms with Crippen molar-refractivity contribution in [3.05, 3.63) is 0 Å². The Hall–Kier alpha value is -1.30. The number of ether oxygens (including phenoxy) is 1. The number of carbonyl (C=O) groups is 2. The van der Waals surface area contributed by atoms with Crippen LogP contribution in [0.25, 0.3) is 0 Å². The number of hydrogen-bond donors (Lipinski definition) is 2. The molecule has 0 aromatic heterocycles. The molecule has 2 fully saturated rings. The molecule has 2 amide bonds. The Morgan fingerprint density at radius 1 is 1.29 bits per heavy atom. The lowest BCUT2D eigenvalue weighted by molar-refractivity contribution is -0.149. The highest BCUT2D eigenvalue weighted by atomic mass is 16.5. The summed E-state index contributed by atoms with van der Waals surface area (Å²) in [7, 11) is 1.84. The van der Waals surface area contributed by atoms with Crippen LogP contribution in [0.3, 0.4) is 0 Å². The predicted octanol–water partition coefficient (Wildman–Crippen LogP) is 1.84. The highest BCUT2D eigenvalue weighted by Gasteiger charge is 2.31. The van der Waals surface area contributed by atoms with E-state index in [0.717, 1.165) is 12.8 Å². The van der Waals surface area contributed by atoms with Crippen molar-refractivity contribution in [3.63, 3.8) is 0 Å². The zero-order valence-corrected chi connectivity index (χ0v) is 12.9. The van der Waals surface area contributed by atoms with E-state index < -0.39 is 12.1 Å². The third-order valence-electron chi connectivity index (χ3n) is 4.64. The molecule has 1 saturated carbocycles. The molecule has 4 atom stereocenters. The number of nitrogens with zero attached hydrogens (tertiary/aromatic N) is 1. The maximum absolute atomic E-state index is 12.2. The van der Waals surface area contributed by atoms with E-state index in [2.05, 4.69) is 12.2 Å². The zero-order valence-electron chi connectivity index (χ0n) is 12.9. The van der Waals surface area contributed by atoms with Gasteiger partial charge in [0.1, 0.15) is 0 Å². The van der Waals surface area contributed by atoms with Gasteiger partial charge in [0.25, 0.3) is 0 Å². The normalized spacial score (nSPS) is 32.7. The number of aliphatic carboxylic acids is 1. The minimum atomic E-state index is -0.919. The largest absolute Gasteiger partial charge is 0.479 e. The van der Waals surface area contributed by atoms with Crippen molar-refractivity contribution < 1.29 is 19.4 Å². The molecule has 2 N–H and O–H groups in total. The third-order valence-corrected chi connectivity index (χ3v) is 4.64. The molecule has 0 aromatic rings. The zero-order chi connectivity index (χ0) is 15.4. The van der Waals surface area contributed by atoms with Gasteiger partial charge in [-0.15, -0.1) is 0 Å². The molecule has 1 aliphatic heterocycles. The van der Waals surface area contributed by atoms with Gasteiger partial charge in [0.2, 0.25) is 0 Å². The molecule has 4 unspecified atom stereocenters. The number of rotatable bonds is 4. The van der Waals surface area contributed by atoms with Gasteiger partial charge < -0.3 is 20.1 Å². The Morgan fingerprint density at radius 3 is 2.67 bits per heavy atom. The van der Waals surface area contributed by atoms with Crippen molar-refractivity contribution in [3.8, 4) is 0 Å². The van der Waals surface area contributed by atoms with Crippen LogP contribution in [0.15, 0.2) is 0 Å². The topological polar surface area (TPSA) is 78.9 Å². The Morgan fingerprint density at radius 2 is 2.05 bits per heavy atom. The average molecular weight is 298 g/mol. The van der Waals surface area contributed by atoms with E-state index in [0.29, 0.717) is 31.3 Å². The second-order valence-electron chi connectivity index (χ2n) is 6.38. The van der Waals surface area contributed by atoms with E-state index in [4.69, 9.17) is 9.84 Å². The highest BCUT2D eigenvalue weighted by Crippen LogP contribution is 2.26. The van der Waals surface area contributed by atoms with Crippen molar-refractivity contribution in [2.75, 3.05) is 13.6 Å². The van der Waals surface area contributed by atoms with Crippen LogP contribution < -0.4 is 5.32 Å². The number of nitrogens with one attached hydrogen (secondary N) is 1. The van der Waals surface area contributed by atoms with E-state index in [1.807, 2.05) is 7.05 Å². The van der Waals surface area contributed by atoms with E-state index in [1.54, 1.807) is 4.90 Å². The fraction of sp³-hybridized carbons (Fsp3) is 0.867. The molecule has 6 heteroatoms. The first kappa shape index (κ1) is 16.1. The maximum Gasteiger partial charge on any atom is 0.332 e. The van der Waals surface area contributed by atoms with Crippen LogP contribution in [0.4, 0.5) is 4.79 Å². The standard InChI is InChI=1S/C15H26N2O4/c1-10-4-3-5-11(8-10)17(2)15(20)16-9-12-6-7-13(21-12)14(18)19/h10-13H,3-9H2,1-2H3,(H,16,20)(H,18,19). The number of urea groups is 1. The van der Waals surface area contributed by atoms with Gasteiger partial charge in [-0.2, -0.15) is 0 Å². The fourth-order valence-corrected chi connectivity index (χ4v) is 3.28. The SMILES string of the molecule is CC1CCCC(N(C)C(=O)NCC2CCC(C(=O)O)O2)C1. The van der Waals surface area contributed by atoms with Gasteiger partial charge in [-0.1, -0.05) is 19.8 Å². The molecule has 1 aliphatic carbocycles. The molecular formula is C15H26N2O4. The lowest BCUT2D eigenvalue weighted by Crippen LogP contribution is -2.47. The number of hydrogen-bond acceptors (Lipinski definition) is 3. The average Bonchev–Trinajstić information content (AvgIpc) is 2.93. The minimum Gasteiger partial charge on any atom is -0.479 e. The maximum atomic E-state index is 12.2. The van der Waals surface area contributed by atoms with Crippen LogP contribution in [-0.2, 0) is 9.53 Å². The van der Waals surface area contributed by atoms with Gasteiger partial charge in [-0.3, -0.25) is 0 Å². The first-order valence-electron chi connectivity index (χ1n) is 7.86. The summed E-state index contributed by atoms with van der Waals surface area (Å²) in [6.07, 6.45) is 4.85. The van der Waals surface area contributed by atoms with Gasteiger partial charge >= 0.3 is 12.0 Å². The summed E-state index contributed by atoms with van der Waals surface area (Å²) in [5.74, 6) is -0.245. The molecule has 6 nitrogen and oxygen atoms in total. The third kappa shape index (κ3) is 4.33. The molecule has 2 rings (SSSR count). The Balaban J connectivity index is 1.73. The summed E-state index contributed by atoms with van der Waals surface area (Å²) in [6.45, 7) is 2.62. The van der Waals surface area contributed by atoms with Crippen molar-refractivity contribution in [2.24, 2.45) is 5.92 Å². The quantitative estimate of drug-likeness (QED) is 0.830. The molecule has 0 radical (unpaired) electrons. The van der Waals surface area contributed by atoms with Crippen LogP contribution in [0, 0.1) is 5.92 Å². The van der Waals surface area contributed by atoms with Crippen molar-refractivity contribution >= 4 is 12.0 Å². The molecule has 0 bridgehead atoms. The molecular weight excluding hydrogens is 272 g/mol. The van der Waals surface area contributed by atoms with Crippen molar-refractivity contribution in [1.82, 2.24) is 10.2 Å². The smallest absolute Gasteiger partial charge is 0.332 e. The van der Waals surface area contributed by atoms with Crippen molar-refractivity contribution in [1.29, 1.82) is 0 Å². The number of amides is 2. The Labute approximate surface area is 125 Å². The first-order chi connectivity index (χ1) is 9.97. The van der Waals surface area contributed by atoms with Gasteiger partial charge in [0.15, 0.2) is 6.10 Å². The summed E-state index contributed by atoms with van der Waals surface area (Å²) in [5, 5.41) is 11.7. The van der Waals surface area contributed by atoms with E-state index >= 15 is 0 Å². The molecule has 0 spiro atoms. The lowest BCUT2D eigenvalue weighted by Gasteiger charge is -2.34. The van der Waals surface area contributed by atoms with Crippen LogP contribution in [-0.4, -0.2) is 53.8 Å².